The summed E-state index contributed by atoms with van der Waals surface area (Å²) in [7, 11) is 0. The minimum Gasteiger partial charge on any atom is -0.478 e. The highest BCUT2D eigenvalue weighted by Gasteiger charge is 2.28. The zero-order valence-corrected chi connectivity index (χ0v) is 12.6. The zero-order valence-electron chi connectivity index (χ0n) is 11.8. The quantitative estimate of drug-likeness (QED) is 0.898. The number of hydrogen-bond donors (Lipinski definition) is 2. The van der Waals surface area contributed by atoms with E-state index < -0.39 is 12.0 Å². The van der Waals surface area contributed by atoms with E-state index in [9.17, 15) is 9.90 Å². The number of carbonyl (C=O) groups is 1. The highest BCUT2D eigenvalue weighted by Crippen LogP contribution is 2.32. The third-order valence-electron chi connectivity index (χ3n) is 3.09. The van der Waals surface area contributed by atoms with E-state index in [4.69, 9.17) is 0 Å². The van der Waals surface area contributed by atoms with Gasteiger partial charge in [0.25, 0.3) is 0 Å². The van der Waals surface area contributed by atoms with E-state index in [1.165, 1.54) is 0 Å². The van der Waals surface area contributed by atoms with Gasteiger partial charge in [-0.15, -0.1) is 0 Å². The summed E-state index contributed by atoms with van der Waals surface area (Å²) in [4.78, 5) is 16.1. The van der Waals surface area contributed by atoms with Crippen LogP contribution in [0.2, 0.25) is 0 Å². The highest BCUT2D eigenvalue weighted by atomic mass is 32.2. The first-order chi connectivity index (χ1) is 9.52. The molecule has 0 saturated heterocycles. The van der Waals surface area contributed by atoms with Crippen LogP contribution >= 0.6 is 11.8 Å². The molecule has 1 heterocycles. The number of hydrogen-bond acceptors (Lipinski definition) is 4. The maximum Gasteiger partial charge on any atom is 0.335 e. The van der Waals surface area contributed by atoms with E-state index in [1.807, 2.05) is 38.1 Å². The van der Waals surface area contributed by atoms with Crippen LogP contribution in [0.5, 0.6) is 0 Å². The molecule has 1 unspecified atom stereocenters. The molecule has 1 atom stereocenters. The number of carboxylic acids is 1. The number of benzene rings is 1. The van der Waals surface area contributed by atoms with Crippen LogP contribution in [0.3, 0.4) is 0 Å². The molecule has 4 nitrogen and oxygen atoms in total. The first kappa shape index (κ1) is 14.7. The minimum atomic E-state index is -0.925. The highest BCUT2D eigenvalue weighted by molar-refractivity contribution is 8.13. The van der Waals surface area contributed by atoms with Gasteiger partial charge in [0, 0.05) is 5.70 Å². The fraction of sp³-hybridized carbons (Fsp3) is 0.333. The van der Waals surface area contributed by atoms with Crippen LogP contribution in [0, 0.1) is 6.92 Å². The summed E-state index contributed by atoms with van der Waals surface area (Å²) in [5, 5.41) is 13.3. The largest absolute Gasteiger partial charge is 0.478 e. The number of rotatable bonds is 3. The monoisotopic (exact) mass is 290 g/mol. The molecule has 1 aliphatic heterocycles. The molecule has 0 aliphatic carbocycles. The number of aliphatic carboxylic acids is 1. The third-order valence-corrected chi connectivity index (χ3v) is 3.86. The Morgan fingerprint density at radius 1 is 1.45 bits per heavy atom. The first-order valence-electron chi connectivity index (χ1n) is 6.51. The molecule has 1 aliphatic rings. The average Bonchev–Trinajstić information content (AvgIpc) is 2.37. The van der Waals surface area contributed by atoms with E-state index in [0.29, 0.717) is 11.3 Å². The second-order valence-electron chi connectivity index (χ2n) is 4.65. The minimum absolute atomic E-state index is 0.316. The Morgan fingerprint density at radius 2 is 2.20 bits per heavy atom. The molecule has 0 radical (unpaired) electrons. The van der Waals surface area contributed by atoms with Crippen molar-refractivity contribution in [3.8, 4) is 0 Å². The molecule has 0 aromatic heterocycles. The summed E-state index contributed by atoms with van der Waals surface area (Å²) in [6.07, 6.45) is 0. The lowest BCUT2D eigenvalue weighted by Crippen LogP contribution is -2.29. The van der Waals surface area contributed by atoms with Crippen molar-refractivity contribution in [1.82, 2.24) is 5.32 Å². The maximum absolute atomic E-state index is 11.5. The Bertz CT molecular complexity index is 593. The molecule has 0 saturated carbocycles. The van der Waals surface area contributed by atoms with Crippen molar-refractivity contribution in [3.05, 3.63) is 46.7 Å². The molecular formula is C15H18N2O2S. The summed E-state index contributed by atoms with van der Waals surface area (Å²) in [5.41, 5.74) is 2.99. The second kappa shape index (κ2) is 6.13. The smallest absolute Gasteiger partial charge is 0.335 e. The molecule has 2 N–H and O–H groups in total. The van der Waals surface area contributed by atoms with Crippen molar-refractivity contribution in [1.29, 1.82) is 0 Å². The topological polar surface area (TPSA) is 61.7 Å². The fourth-order valence-electron chi connectivity index (χ4n) is 2.22. The third kappa shape index (κ3) is 3.04. The van der Waals surface area contributed by atoms with E-state index in [2.05, 4.69) is 10.3 Å². The predicted octanol–water partition coefficient (Wildman–Crippen LogP) is 3.11. The molecule has 20 heavy (non-hydrogen) atoms. The molecule has 1 aromatic carbocycles. The van der Waals surface area contributed by atoms with Crippen LogP contribution in [0.15, 0.2) is 40.5 Å². The molecule has 2 rings (SSSR count). The van der Waals surface area contributed by atoms with Gasteiger partial charge in [-0.2, -0.15) is 0 Å². The molecule has 0 bridgehead atoms. The summed E-state index contributed by atoms with van der Waals surface area (Å²) in [5.74, 6) is -0.0343. The number of nitrogens with zero attached hydrogens (tertiary/aromatic N) is 1. The molecule has 0 spiro atoms. The van der Waals surface area contributed by atoms with Crippen molar-refractivity contribution in [2.24, 2.45) is 4.99 Å². The Kier molecular flexibility index (Phi) is 4.49. The first-order valence-corrected chi connectivity index (χ1v) is 7.49. The SMILES string of the molecule is CCSC1=NC(c2cccc(C)c2)C(C(=O)O)=C(C)N1. The molecular weight excluding hydrogens is 272 g/mol. The number of aryl methyl sites for hydroxylation is 1. The van der Waals surface area contributed by atoms with Gasteiger partial charge in [0.15, 0.2) is 5.17 Å². The van der Waals surface area contributed by atoms with Crippen LogP contribution in [0.4, 0.5) is 0 Å². The van der Waals surface area contributed by atoms with Gasteiger partial charge in [-0.25, -0.2) is 9.79 Å². The van der Waals surface area contributed by atoms with Gasteiger partial charge >= 0.3 is 5.97 Å². The normalized spacial score (nSPS) is 18.6. The molecule has 1 aromatic rings. The number of carboxylic acid groups (broad SMARTS) is 1. The number of aliphatic imine (C=N–C) groups is 1. The number of amidine groups is 1. The van der Waals surface area contributed by atoms with Crippen molar-refractivity contribution in [2.45, 2.75) is 26.8 Å². The summed E-state index contributed by atoms with van der Waals surface area (Å²) < 4.78 is 0. The maximum atomic E-state index is 11.5. The van der Waals surface area contributed by atoms with Crippen LogP contribution in [0.25, 0.3) is 0 Å². The van der Waals surface area contributed by atoms with Crippen molar-refractivity contribution < 1.29 is 9.90 Å². The Balaban J connectivity index is 2.47. The van der Waals surface area contributed by atoms with Crippen LogP contribution in [0.1, 0.15) is 31.0 Å². The summed E-state index contributed by atoms with van der Waals surface area (Å²) >= 11 is 1.58. The van der Waals surface area contributed by atoms with Gasteiger partial charge in [-0.05, 0) is 25.2 Å². The lowest BCUT2D eigenvalue weighted by atomic mass is 9.95. The van der Waals surface area contributed by atoms with Gasteiger partial charge in [0.2, 0.25) is 0 Å². The van der Waals surface area contributed by atoms with Gasteiger partial charge < -0.3 is 10.4 Å². The van der Waals surface area contributed by atoms with E-state index in [-0.39, 0.29) is 0 Å². The van der Waals surface area contributed by atoms with Crippen LogP contribution in [-0.2, 0) is 4.79 Å². The second-order valence-corrected chi connectivity index (χ2v) is 5.91. The Labute approximate surface area is 123 Å². The van der Waals surface area contributed by atoms with Crippen molar-refractivity contribution >= 4 is 22.9 Å². The van der Waals surface area contributed by atoms with Crippen LogP contribution < -0.4 is 5.32 Å². The van der Waals surface area contributed by atoms with Gasteiger partial charge in [-0.3, -0.25) is 0 Å². The van der Waals surface area contributed by atoms with Crippen LogP contribution in [-0.4, -0.2) is 22.0 Å². The summed E-state index contributed by atoms with van der Waals surface area (Å²) in [6, 6.07) is 7.40. The fourth-order valence-corrected chi connectivity index (χ4v) is 2.89. The number of thioether (sulfide) groups is 1. The average molecular weight is 290 g/mol. The van der Waals surface area contributed by atoms with Crippen molar-refractivity contribution in [2.75, 3.05) is 5.75 Å². The molecule has 0 amide bonds. The van der Waals surface area contributed by atoms with Gasteiger partial charge in [0.05, 0.1) is 5.57 Å². The molecule has 106 valence electrons. The van der Waals surface area contributed by atoms with Gasteiger partial charge in [0.1, 0.15) is 6.04 Å². The van der Waals surface area contributed by atoms with Gasteiger partial charge in [-0.1, -0.05) is 48.5 Å². The number of nitrogens with one attached hydrogen (secondary N) is 1. The Morgan fingerprint density at radius 3 is 2.80 bits per heavy atom. The van der Waals surface area contributed by atoms with Crippen molar-refractivity contribution in [3.63, 3.8) is 0 Å². The standard InChI is InChI=1S/C15H18N2O2S/c1-4-20-15-16-10(3)12(14(18)19)13(17-15)11-7-5-6-9(2)8-11/h5-8,13H,4H2,1-3H3,(H,16,17)(H,18,19). The van der Waals surface area contributed by atoms with E-state index in [0.717, 1.165) is 22.0 Å². The van der Waals surface area contributed by atoms with E-state index in [1.54, 1.807) is 18.7 Å². The lowest BCUT2D eigenvalue weighted by molar-refractivity contribution is -0.133. The molecule has 5 heteroatoms. The lowest BCUT2D eigenvalue weighted by Gasteiger charge is -2.24. The Hall–Kier alpha value is -1.75. The van der Waals surface area contributed by atoms with E-state index >= 15 is 0 Å². The predicted molar refractivity (Wildman–Crippen MR) is 83.0 cm³/mol. The molecule has 0 fully saturated rings. The summed E-state index contributed by atoms with van der Waals surface area (Å²) in [6.45, 7) is 5.83. The number of allylic oxidation sites excluding steroid dienone is 1. The zero-order chi connectivity index (χ0) is 14.7.